The Morgan fingerprint density at radius 2 is 2.11 bits per heavy atom. The molecule has 4 rings (SSSR count). The molecule has 148 valence electrons. The quantitative estimate of drug-likeness (QED) is 0.738. The molecule has 2 aliphatic rings. The number of aryl methyl sites for hydroxylation is 1. The van der Waals surface area contributed by atoms with Gasteiger partial charge >= 0.3 is 0 Å². The lowest BCUT2D eigenvalue weighted by Crippen LogP contribution is -2.48. The van der Waals surface area contributed by atoms with Gasteiger partial charge in [-0.3, -0.25) is 20.4 Å². The predicted molar refractivity (Wildman–Crippen MR) is 107 cm³/mol. The van der Waals surface area contributed by atoms with E-state index in [0.29, 0.717) is 29.3 Å². The smallest absolute Gasteiger partial charge is 0.254 e. The van der Waals surface area contributed by atoms with Gasteiger partial charge in [-0.2, -0.15) is 0 Å². The summed E-state index contributed by atoms with van der Waals surface area (Å²) >= 11 is 0. The molecule has 7 nitrogen and oxygen atoms in total. The molecule has 28 heavy (non-hydrogen) atoms. The van der Waals surface area contributed by atoms with Gasteiger partial charge in [-0.25, -0.2) is 4.98 Å². The van der Waals surface area contributed by atoms with Crippen LogP contribution in [0.15, 0.2) is 41.3 Å². The van der Waals surface area contributed by atoms with Gasteiger partial charge in [0, 0.05) is 43.4 Å². The molecule has 3 unspecified atom stereocenters. The molecule has 0 saturated carbocycles. The minimum atomic E-state index is -0.222. The Labute approximate surface area is 164 Å². The molecule has 1 aromatic heterocycles. The summed E-state index contributed by atoms with van der Waals surface area (Å²) in [6.45, 7) is 4.10. The van der Waals surface area contributed by atoms with Crippen molar-refractivity contribution in [2.75, 3.05) is 19.6 Å². The zero-order valence-corrected chi connectivity index (χ0v) is 16.1. The number of nitrogens with zero attached hydrogens (tertiary/aromatic N) is 2. The SMILES string of the molecule is Cc1ncc(CC(=O)N2CCCC(C3NNCC3c3ccccc3)C2)c(=O)[nH]1. The van der Waals surface area contributed by atoms with Crippen molar-refractivity contribution in [1.82, 2.24) is 25.7 Å². The van der Waals surface area contributed by atoms with Crippen molar-refractivity contribution in [1.29, 1.82) is 0 Å². The molecule has 3 heterocycles. The van der Waals surface area contributed by atoms with Crippen LogP contribution in [0.3, 0.4) is 0 Å². The fraction of sp³-hybridized carbons (Fsp3) is 0.476. The van der Waals surface area contributed by atoms with Gasteiger partial charge in [0.15, 0.2) is 0 Å². The Kier molecular flexibility index (Phi) is 5.54. The number of hydrazine groups is 1. The number of benzene rings is 1. The first-order valence-electron chi connectivity index (χ1n) is 9.97. The first-order valence-corrected chi connectivity index (χ1v) is 9.97. The fourth-order valence-corrected chi connectivity index (χ4v) is 4.43. The molecule has 3 N–H and O–H groups in total. The van der Waals surface area contributed by atoms with Crippen LogP contribution in [0.25, 0.3) is 0 Å². The van der Waals surface area contributed by atoms with Gasteiger partial charge < -0.3 is 9.88 Å². The third-order valence-electron chi connectivity index (χ3n) is 5.91. The van der Waals surface area contributed by atoms with Crippen LogP contribution in [-0.4, -0.2) is 46.5 Å². The Bertz CT molecular complexity index is 882. The van der Waals surface area contributed by atoms with E-state index in [1.54, 1.807) is 6.92 Å². The van der Waals surface area contributed by atoms with Crippen molar-refractivity contribution in [3.8, 4) is 0 Å². The average molecular weight is 381 g/mol. The summed E-state index contributed by atoms with van der Waals surface area (Å²) in [7, 11) is 0. The highest BCUT2D eigenvalue weighted by atomic mass is 16.2. The molecule has 3 atom stereocenters. The Morgan fingerprint density at radius 3 is 2.89 bits per heavy atom. The third kappa shape index (κ3) is 4.00. The van der Waals surface area contributed by atoms with Gasteiger partial charge in [0.05, 0.1) is 6.42 Å². The number of carbonyl (C=O) groups is 1. The van der Waals surface area contributed by atoms with Crippen LogP contribution in [0, 0.1) is 12.8 Å². The lowest BCUT2D eigenvalue weighted by atomic mass is 9.81. The van der Waals surface area contributed by atoms with Crippen LogP contribution in [0.4, 0.5) is 0 Å². The van der Waals surface area contributed by atoms with E-state index in [0.717, 1.165) is 32.5 Å². The van der Waals surface area contributed by atoms with Crippen LogP contribution in [-0.2, 0) is 11.2 Å². The monoisotopic (exact) mass is 381 g/mol. The Hall–Kier alpha value is -2.51. The summed E-state index contributed by atoms with van der Waals surface area (Å²) < 4.78 is 0. The maximum absolute atomic E-state index is 12.8. The van der Waals surface area contributed by atoms with Gasteiger partial charge in [-0.15, -0.1) is 0 Å². The summed E-state index contributed by atoms with van der Waals surface area (Å²) in [5, 5.41) is 0. The fourth-order valence-electron chi connectivity index (χ4n) is 4.43. The number of likely N-dealkylation sites (tertiary alicyclic amines) is 1. The molecule has 0 bridgehead atoms. The second-order valence-corrected chi connectivity index (χ2v) is 7.81. The normalized spacial score (nSPS) is 25.0. The van der Waals surface area contributed by atoms with Crippen molar-refractivity contribution in [2.45, 2.75) is 38.1 Å². The van der Waals surface area contributed by atoms with Crippen LogP contribution >= 0.6 is 0 Å². The lowest BCUT2D eigenvalue weighted by Gasteiger charge is -2.37. The molecular formula is C21H27N5O2. The molecule has 7 heteroatoms. The Balaban J connectivity index is 1.44. The van der Waals surface area contributed by atoms with Gasteiger partial charge in [-0.05, 0) is 31.2 Å². The van der Waals surface area contributed by atoms with E-state index in [2.05, 4.69) is 45.1 Å². The molecule has 2 aliphatic heterocycles. The highest BCUT2D eigenvalue weighted by molar-refractivity contribution is 5.78. The summed E-state index contributed by atoms with van der Waals surface area (Å²) in [5.41, 5.74) is 8.29. The van der Waals surface area contributed by atoms with Crippen molar-refractivity contribution in [3.05, 3.63) is 63.8 Å². The molecule has 1 amide bonds. The maximum Gasteiger partial charge on any atom is 0.254 e. The molecule has 0 aliphatic carbocycles. The van der Waals surface area contributed by atoms with Gasteiger partial charge in [0.2, 0.25) is 5.91 Å². The zero-order chi connectivity index (χ0) is 19.5. The van der Waals surface area contributed by atoms with E-state index in [-0.39, 0.29) is 17.9 Å². The van der Waals surface area contributed by atoms with Crippen molar-refractivity contribution < 1.29 is 4.79 Å². The number of piperidine rings is 1. The van der Waals surface area contributed by atoms with Crippen molar-refractivity contribution in [2.24, 2.45) is 5.92 Å². The number of rotatable bonds is 4. The van der Waals surface area contributed by atoms with Crippen molar-refractivity contribution in [3.63, 3.8) is 0 Å². The predicted octanol–water partition coefficient (Wildman–Crippen LogP) is 1.12. The number of hydrogen-bond acceptors (Lipinski definition) is 5. The maximum atomic E-state index is 12.8. The van der Waals surface area contributed by atoms with Crippen LogP contribution in [0.5, 0.6) is 0 Å². The molecule has 2 fully saturated rings. The number of amides is 1. The highest BCUT2D eigenvalue weighted by Crippen LogP contribution is 2.31. The first-order chi connectivity index (χ1) is 13.6. The second kappa shape index (κ2) is 8.24. The summed E-state index contributed by atoms with van der Waals surface area (Å²) in [4.78, 5) is 33.6. The van der Waals surface area contributed by atoms with E-state index < -0.39 is 0 Å². The molecule has 2 aromatic rings. The number of carbonyl (C=O) groups excluding carboxylic acids is 1. The second-order valence-electron chi connectivity index (χ2n) is 7.81. The molecule has 1 aromatic carbocycles. The van der Waals surface area contributed by atoms with Crippen molar-refractivity contribution >= 4 is 5.91 Å². The minimum absolute atomic E-state index is 0.00284. The van der Waals surface area contributed by atoms with Gasteiger partial charge in [-0.1, -0.05) is 30.3 Å². The molecule has 0 spiro atoms. The molecule has 2 saturated heterocycles. The number of H-pyrrole nitrogens is 1. The number of nitrogens with one attached hydrogen (secondary N) is 3. The summed E-state index contributed by atoms with van der Waals surface area (Å²) in [6, 6.07) is 10.8. The molecular weight excluding hydrogens is 354 g/mol. The zero-order valence-electron chi connectivity index (χ0n) is 16.1. The average Bonchev–Trinajstić information content (AvgIpc) is 3.21. The van der Waals surface area contributed by atoms with E-state index in [1.807, 2.05) is 11.0 Å². The van der Waals surface area contributed by atoms with E-state index >= 15 is 0 Å². The minimum Gasteiger partial charge on any atom is -0.342 e. The largest absolute Gasteiger partial charge is 0.342 e. The standard InChI is InChI=1S/C21H27N5O2/c1-14-22-11-17(21(28)24-14)10-19(27)26-9-5-8-16(13-26)20-18(12-23-25-20)15-6-3-2-4-7-15/h2-4,6-7,11,16,18,20,23,25H,5,8-10,12-13H2,1H3,(H,22,24,28). The summed E-state index contributed by atoms with van der Waals surface area (Å²) in [6.07, 6.45) is 3.70. The van der Waals surface area contributed by atoms with E-state index in [4.69, 9.17) is 0 Å². The number of aromatic nitrogens is 2. The lowest BCUT2D eigenvalue weighted by molar-refractivity contribution is -0.132. The van der Waals surface area contributed by atoms with Crippen LogP contribution in [0.1, 0.15) is 35.7 Å². The first kappa shape index (κ1) is 18.8. The molecule has 0 radical (unpaired) electrons. The van der Waals surface area contributed by atoms with E-state index in [1.165, 1.54) is 11.8 Å². The van der Waals surface area contributed by atoms with Gasteiger partial charge in [0.25, 0.3) is 5.56 Å². The van der Waals surface area contributed by atoms with E-state index in [9.17, 15) is 9.59 Å². The van der Waals surface area contributed by atoms with Crippen LogP contribution < -0.4 is 16.4 Å². The third-order valence-corrected chi connectivity index (χ3v) is 5.91. The number of aromatic amines is 1. The highest BCUT2D eigenvalue weighted by Gasteiger charge is 2.37. The number of hydrogen-bond donors (Lipinski definition) is 3. The topological polar surface area (TPSA) is 90.1 Å². The van der Waals surface area contributed by atoms with Crippen LogP contribution in [0.2, 0.25) is 0 Å². The van der Waals surface area contributed by atoms with Gasteiger partial charge in [0.1, 0.15) is 5.82 Å². The summed E-state index contributed by atoms with van der Waals surface area (Å²) in [5.74, 6) is 1.34. The Morgan fingerprint density at radius 1 is 1.29 bits per heavy atom.